The molecule has 0 radical (unpaired) electrons. The van der Waals surface area contributed by atoms with Gasteiger partial charge >= 0.3 is 5.97 Å². The quantitative estimate of drug-likeness (QED) is 0.689. The molecule has 2 atom stereocenters. The van der Waals surface area contributed by atoms with Gasteiger partial charge in [-0.25, -0.2) is 4.79 Å². The van der Waals surface area contributed by atoms with E-state index in [0.29, 0.717) is 5.56 Å². The van der Waals surface area contributed by atoms with Gasteiger partial charge in [-0.3, -0.25) is 4.79 Å². The number of hydrogen-bond acceptors (Lipinski definition) is 3. The summed E-state index contributed by atoms with van der Waals surface area (Å²) >= 11 is 0. The third-order valence-electron chi connectivity index (χ3n) is 4.53. The third-order valence-corrected chi connectivity index (χ3v) is 4.53. The van der Waals surface area contributed by atoms with Crippen LogP contribution >= 0.6 is 0 Å². The second-order valence-corrected chi connectivity index (χ2v) is 6.32. The van der Waals surface area contributed by atoms with Crippen LogP contribution in [0, 0.1) is 17.2 Å². The van der Waals surface area contributed by atoms with Crippen molar-refractivity contribution >= 4 is 33.4 Å². The summed E-state index contributed by atoms with van der Waals surface area (Å²) in [6.07, 6.45) is 0.0491. The molecule has 0 aliphatic heterocycles. The molecule has 0 unspecified atom stereocenters. The highest BCUT2D eigenvalue weighted by atomic mass is 16.4. The third kappa shape index (κ3) is 3.22. The number of aliphatic carboxylic acids is 1. The highest BCUT2D eigenvalue weighted by Crippen LogP contribution is 2.28. The van der Waals surface area contributed by atoms with Crippen molar-refractivity contribution in [2.24, 2.45) is 5.92 Å². The van der Waals surface area contributed by atoms with Crippen molar-refractivity contribution in [3.63, 3.8) is 0 Å². The van der Waals surface area contributed by atoms with Gasteiger partial charge in [-0.15, -0.1) is 0 Å². The van der Waals surface area contributed by atoms with Crippen molar-refractivity contribution in [1.29, 1.82) is 5.26 Å². The molecule has 0 aromatic heterocycles. The van der Waals surface area contributed by atoms with Gasteiger partial charge in [0.2, 0.25) is 0 Å². The average Bonchev–Trinajstić information content (AvgIpc) is 2.63. The second kappa shape index (κ2) is 7.24. The fraction of sp³-hybridized carbons (Fsp3) is 0.190. The van der Waals surface area contributed by atoms with Gasteiger partial charge in [0.15, 0.2) is 0 Å². The van der Waals surface area contributed by atoms with E-state index in [1.165, 1.54) is 0 Å². The van der Waals surface area contributed by atoms with E-state index < -0.39 is 23.8 Å². The molecule has 130 valence electrons. The Morgan fingerprint density at radius 1 is 1.08 bits per heavy atom. The number of benzene rings is 3. The van der Waals surface area contributed by atoms with Crippen molar-refractivity contribution in [3.05, 3.63) is 60.2 Å². The lowest BCUT2D eigenvalue weighted by molar-refractivity contribution is -0.140. The number of carboxylic acids is 1. The van der Waals surface area contributed by atoms with Crippen LogP contribution in [0.3, 0.4) is 0 Å². The Hall–Kier alpha value is -3.39. The van der Waals surface area contributed by atoms with Crippen LogP contribution in [-0.2, 0) is 4.79 Å². The van der Waals surface area contributed by atoms with Gasteiger partial charge in [0.25, 0.3) is 5.91 Å². The number of carbonyl (C=O) groups is 2. The predicted molar refractivity (Wildman–Crippen MR) is 99.7 cm³/mol. The molecular weight excluding hydrogens is 328 g/mol. The normalized spacial score (nSPS) is 13.1. The zero-order valence-electron chi connectivity index (χ0n) is 14.3. The Balaban J connectivity index is 2.12. The standard InChI is InChI=1S/C21H18N2O3/c1-13(10-11-22)19(21(25)26)23-20(24)18-16-8-4-2-6-14(16)12-15-7-3-5-9-17(15)18/h2-9,12-13,19H,10H2,1H3,(H,23,24)(H,25,26)/t13-,19+/m0/s1. The topological polar surface area (TPSA) is 90.2 Å². The van der Waals surface area contributed by atoms with Gasteiger partial charge in [-0.2, -0.15) is 5.26 Å². The SMILES string of the molecule is C[C@@H](CC#N)[C@@H](NC(=O)c1c2ccccc2cc2ccccc12)C(=O)O. The minimum Gasteiger partial charge on any atom is -0.480 e. The Kier molecular flexibility index (Phi) is 4.85. The summed E-state index contributed by atoms with van der Waals surface area (Å²) in [4.78, 5) is 24.6. The number of fused-ring (bicyclic) bond motifs is 2. The van der Waals surface area contributed by atoms with E-state index in [0.717, 1.165) is 21.5 Å². The van der Waals surface area contributed by atoms with Crippen molar-refractivity contribution in [1.82, 2.24) is 5.32 Å². The van der Waals surface area contributed by atoms with E-state index in [2.05, 4.69) is 5.32 Å². The number of carbonyl (C=O) groups excluding carboxylic acids is 1. The minimum atomic E-state index is -1.15. The molecular formula is C21H18N2O3. The molecule has 0 spiro atoms. The number of rotatable bonds is 5. The highest BCUT2D eigenvalue weighted by Gasteiger charge is 2.28. The molecule has 3 rings (SSSR count). The van der Waals surface area contributed by atoms with E-state index in [1.54, 1.807) is 6.92 Å². The van der Waals surface area contributed by atoms with Crippen LogP contribution < -0.4 is 5.32 Å². The van der Waals surface area contributed by atoms with Crippen LogP contribution in [0.15, 0.2) is 54.6 Å². The molecule has 0 aliphatic carbocycles. The predicted octanol–water partition coefficient (Wildman–Crippen LogP) is 3.73. The van der Waals surface area contributed by atoms with Crippen LogP contribution in [0.2, 0.25) is 0 Å². The van der Waals surface area contributed by atoms with Crippen LogP contribution in [0.1, 0.15) is 23.7 Å². The van der Waals surface area contributed by atoms with Crippen molar-refractivity contribution < 1.29 is 14.7 Å². The summed E-state index contributed by atoms with van der Waals surface area (Å²) < 4.78 is 0. The van der Waals surface area contributed by atoms with E-state index in [4.69, 9.17) is 5.26 Å². The fourth-order valence-electron chi connectivity index (χ4n) is 3.18. The molecule has 0 fully saturated rings. The molecule has 5 nitrogen and oxygen atoms in total. The first-order valence-corrected chi connectivity index (χ1v) is 8.34. The summed E-state index contributed by atoms with van der Waals surface area (Å²) in [5.74, 6) is -2.09. The zero-order valence-corrected chi connectivity index (χ0v) is 14.3. The van der Waals surface area contributed by atoms with Gasteiger partial charge in [-0.05, 0) is 27.6 Å². The van der Waals surface area contributed by atoms with Gasteiger partial charge in [0.1, 0.15) is 6.04 Å². The smallest absolute Gasteiger partial charge is 0.326 e. The van der Waals surface area contributed by atoms with E-state index >= 15 is 0 Å². The Bertz CT molecular complexity index is 982. The molecule has 0 saturated carbocycles. The van der Waals surface area contributed by atoms with Gasteiger partial charge in [0.05, 0.1) is 11.6 Å². The fourth-order valence-corrected chi connectivity index (χ4v) is 3.18. The second-order valence-electron chi connectivity index (χ2n) is 6.32. The van der Waals surface area contributed by atoms with Crippen molar-refractivity contribution in [3.8, 4) is 6.07 Å². The number of hydrogen-bond donors (Lipinski definition) is 2. The first-order valence-electron chi connectivity index (χ1n) is 8.34. The van der Waals surface area contributed by atoms with Gasteiger partial charge in [-0.1, -0.05) is 55.5 Å². The Morgan fingerprint density at radius 3 is 2.12 bits per heavy atom. The van der Waals surface area contributed by atoms with E-state index in [1.807, 2.05) is 60.7 Å². The highest BCUT2D eigenvalue weighted by molar-refractivity contribution is 6.18. The van der Waals surface area contributed by atoms with Crippen LogP contribution in [0.25, 0.3) is 21.5 Å². The molecule has 3 aromatic carbocycles. The summed E-state index contributed by atoms with van der Waals surface area (Å²) in [5, 5.41) is 24.3. The maximum atomic E-state index is 13.0. The number of amides is 1. The van der Waals surface area contributed by atoms with E-state index in [9.17, 15) is 14.7 Å². The minimum absolute atomic E-state index is 0.0491. The van der Waals surface area contributed by atoms with Crippen LogP contribution in [-0.4, -0.2) is 23.0 Å². The van der Waals surface area contributed by atoms with Gasteiger partial charge < -0.3 is 10.4 Å². The summed E-state index contributed by atoms with van der Waals surface area (Å²) in [5.41, 5.74) is 0.453. The molecule has 0 bridgehead atoms. The molecule has 0 heterocycles. The maximum absolute atomic E-state index is 13.0. The average molecular weight is 346 g/mol. The largest absolute Gasteiger partial charge is 0.480 e. The number of nitrogens with zero attached hydrogens (tertiary/aromatic N) is 1. The van der Waals surface area contributed by atoms with Crippen molar-refractivity contribution in [2.45, 2.75) is 19.4 Å². The first kappa shape index (κ1) is 17.4. The summed E-state index contributed by atoms with van der Waals surface area (Å²) in [6, 6.07) is 17.9. The van der Waals surface area contributed by atoms with E-state index in [-0.39, 0.29) is 6.42 Å². The van der Waals surface area contributed by atoms with Crippen LogP contribution in [0.5, 0.6) is 0 Å². The molecule has 1 amide bonds. The Labute approximate surface area is 150 Å². The summed E-state index contributed by atoms with van der Waals surface area (Å²) in [6.45, 7) is 1.64. The molecule has 3 aromatic rings. The Morgan fingerprint density at radius 2 is 1.62 bits per heavy atom. The number of nitrogens with one attached hydrogen (secondary N) is 1. The van der Waals surface area contributed by atoms with Gasteiger partial charge in [0, 0.05) is 12.3 Å². The lowest BCUT2D eigenvalue weighted by Gasteiger charge is -2.20. The lowest BCUT2D eigenvalue weighted by Crippen LogP contribution is -2.45. The first-order chi connectivity index (χ1) is 12.5. The monoisotopic (exact) mass is 346 g/mol. The molecule has 5 heteroatoms. The number of nitriles is 1. The van der Waals surface area contributed by atoms with Crippen molar-refractivity contribution in [2.75, 3.05) is 0 Å². The molecule has 2 N–H and O–H groups in total. The molecule has 0 aliphatic rings. The molecule has 26 heavy (non-hydrogen) atoms. The van der Waals surface area contributed by atoms with Crippen LogP contribution in [0.4, 0.5) is 0 Å². The number of carboxylic acid groups (broad SMARTS) is 1. The lowest BCUT2D eigenvalue weighted by atomic mass is 9.94. The maximum Gasteiger partial charge on any atom is 0.326 e. The molecule has 0 saturated heterocycles. The zero-order chi connectivity index (χ0) is 18.7. The summed E-state index contributed by atoms with van der Waals surface area (Å²) in [7, 11) is 0.